The van der Waals surface area contributed by atoms with Gasteiger partial charge in [-0.2, -0.15) is 0 Å². The summed E-state index contributed by atoms with van der Waals surface area (Å²) in [5.41, 5.74) is 2.29. The highest BCUT2D eigenvalue weighted by atomic mass is 35.5. The summed E-state index contributed by atoms with van der Waals surface area (Å²) in [6.07, 6.45) is 0.826. The highest BCUT2D eigenvalue weighted by Gasteiger charge is 2.17. The van der Waals surface area contributed by atoms with Crippen LogP contribution in [0.3, 0.4) is 0 Å². The van der Waals surface area contributed by atoms with Gasteiger partial charge in [0.05, 0.1) is 18.7 Å². The molecule has 0 radical (unpaired) electrons. The first-order valence-electron chi connectivity index (χ1n) is 9.97. The molecule has 6 nitrogen and oxygen atoms in total. The third-order valence-corrected chi connectivity index (χ3v) is 4.63. The van der Waals surface area contributed by atoms with Gasteiger partial charge in [-0.3, -0.25) is 9.59 Å². The molecule has 0 fully saturated rings. The second-order valence-corrected chi connectivity index (χ2v) is 7.83. The topological polar surface area (TPSA) is 76.7 Å². The summed E-state index contributed by atoms with van der Waals surface area (Å²) < 4.78 is 11.0. The Morgan fingerprint density at radius 2 is 1.83 bits per heavy atom. The third kappa shape index (κ3) is 6.13. The maximum absolute atomic E-state index is 12.8. The van der Waals surface area contributed by atoms with Crippen LogP contribution in [0.2, 0.25) is 5.02 Å². The van der Waals surface area contributed by atoms with Gasteiger partial charge in [-0.15, -0.1) is 0 Å². The molecule has 162 valence electrons. The average Bonchev–Trinajstić information content (AvgIpc) is 2.71. The lowest BCUT2D eigenvalue weighted by molar-refractivity contribution is 0.0948. The number of halogens is 1. The first-order chi connectivity index (χ1) is 14.3. The largest absolute Gasteiger partial charge is 0.493 e. The lowest BCUT2D eigenvalue weighted by atomic mass is 10.1. The molecule has 7 heteroatoms. The fourth-order valence-electron chi connectivity index (χ4n) is 2.73. The van der Waals surface area contributed by atoms with Gasteiger partial charge in [0, 0.05) is 23.4 Å². The molecule has 0 spiro atoms. The van der Waals surface area contributed by atoms with Gasteiger partial charge >= 0.3 is 0 Å². The summed E-state index contributed by atoms with van der Waals surface area (Å²) in [5, 5.41) is 6.05. The number of methoxy groups -OCH3 is 1. The van der Waals surface area contributed by atoms with Gasteiger partial charge in [0.1, 0.15) is 0 Å². The Labute approximate surface area is 182 Å². The number of aryl methyl sites for hydroxylation is 1. The molecule has 0 saturated carbocycles. The molecule has 0 aromatic heterocycles. The molecule has 30 heavy (non-hydrogen) atoms. The summed E-state index contributed by atoms with van der Waals surface area (Å²) in [5.74, 6) is 0.720. The van der Waals surface area contributed by atoms with E-state index in [1.807, 2.05) is 27.7 Å². The number of carbonyl (C=O) groups is 2. The molecule has 2 amide bonds. The smallest absolute Gasteiger partial charge is 0.255 e. The number of benzene rings is 2. The maximum Gasteiger partial charge on any atom is 0.255 e. The number of ether oxygens (including phenoxy) is 2. The van der Waals surface area contributed by atoms with Gasteiger partial charge in [0.15, 0.2) is 11.5 Å². The van der Waals surface area contributed by atoms with Crippen LogP contribution in [0.4, 0.5) is 5.69 Å². The number of hydrogen-bond donors (Lipinski definition) is 2. The Hall–Kier alpha value is -2.73. The monoisotopic (exact) mass is 432 g/mol. The van der Waals surface area contributed by atoms with Gasteiger partial charge in [0.2, 0.25) is 0 Å². The van der Waals surface area contributed by atoms with Crippen LogP contribution in [0.5, 0.6) is 11.5 Å². The first kappa shape index (κ1) is 23.5. The maximum atomic E-state index is 12.8. The number of carbonyl (C=O) groups excluding carboxylic acids is 2. The molecule has 0 bridgehead atoms. The molecule has 0 saturated heterocycles. The number of amides is 2. The van der Waals surface area contributed by atoms with Gasteiger partial charge in [-0.1, -0.05) is 32.4 Å². The van der Waals surface area contributed by atoms with Crippen molar-refractivity contribution in [1.82, 2.24) is 5.32 Å². The molecule has 0 aliphatic rings. The van der Waals surface area contributed by atoms with Crippen LogP contribution in [0.15, 0.2) is 30.3 Å². The van der Waals surface area contributed by atoms with E-state index in [9.17, 15) is 9.59 Å². The summed E-state index contributed by atoms with van der Waals surface area (Å²) in [6.45, 7) is 9.00. The minimum atomic E-state index is -0.336. The SMILES string of the molecule is CCCOc1c(Cl)cc(C(=O)Nc2ccc(C(=O)NCC(C)C)cc2C)cc1OC. The van der Waals surface area contributed by atoms with Crippen LogP contribution in [0.1, 0.15) is 53.5 Å². The molecular weight excluding hydrogens is 404 g/mol. The van der Waals surface area contributed by atoms with Crippen molar-refractivity contribution in [3.8, 4) is 11.5 Å². The molecular formula is C23H29ClN2O4. The second-order valence-electron chi connectivity index (χ2n) is 7.43. The zero-order chi connectivity index (χ0) is 22.3. The highest BCUT2D eigenvalue weighted by molar-refractivity contribution is 6.32. The molecule has 0 aliphatic heterocycles. The molecule has 2 aromatic carbocycles. The van der Waals surface area contributed by atoms with Gasteiger partial charge in [-0.25, -0.2) is 0 Å². The molecule has 0 heterocycles. The van der Waals surface area contributed by atoms with Crippen LogP contribution in [-0.4, -0.2) is 32.1 Å². The quantitative estimate of drug-likeness (QED) is 0.579. The van der Waals surface area contributed by atoms with E-state index in [1.165, 1.54) is 7.11 Å². The molecule has 0 unspecified atom stereocenters. The second kappa shape index (κ2) is 10.9. The van der Waals surface area contributed by atoms with Crippen molar-refractivity contribution in [3.63, 3.8) is 0 Å². The van der Waals surface area contributed by atoms with Gasteiger partial charge in [0.25, 0.3) is 11.8 Å². The van der Waals surface area contributed by atoms with E-state index < -0.39 is 0 Å². The number of anilines is 1. The molecule has 2 N–H and O–H groups in total. The average molecular weight is 433 g/mol. The van der Waals surface area contributed by atoms with Crippen molar-refractivity contribution < 1.29 is 19.1 Å². The zero-order valence-corrected chi connectivity index (χ0v) is 18.9. The van der Waals surface area contributed by atoms with E-state index in [-0.39, 0.29) is 11.8 Å². The molecule has 2 rings (SSSR count). The van der Waals surface area contributed by atoms with Crippen molar-refractivity contribution in [3.05, 3.63) is 52.0 Å². The Balaban J connectivity index is 2.17. The van der Waals surface area contributed by atoms with E-state index in [0.717, 1.165) is 12.0 Å². The van der Waals surface area contributed by atoms with Crippen LogP contribution in [0.25, 0.3) is 0 Å². The van der Waals surface area contributed by atoms with E-state index >= 15 is 0 Å². The lowest BCUT2D eigenvalue weighted by Crippen LogP contribution is -2.27. The molecule has 0 atom stereocenters. The van der Waals surface area contributed by atoms with Crippen molar-refractivity contribution in [2.24, 2.45) is 5.92 Å². The van der Waals surface area contributed by atoms with Crippen molar-refractivity contribution >= 4 is 29.1 Å². The highest BCUT2D eigenvalue weighted by Crippen LogP contribution is 2.36. The van der Waals surface area contributed by atoms with Crippen LogP contribution in [0, 0.1) is 12.8 Å². The summed E-state index contributed by atoms with van der Waals surface area (Å²) in [4.78, 5) is 25.0. The number of nitrogens with one attached hydrogen (secondary N) is 2. The van der Waals surface area contributed by atoms with Gasteiger partial charge in [-0.05, 0) is 55.2 Å². The minimum Gasteiger partial charge on any atom is -0.493 e. The fourth-order valence-corrected chi connectivity index (χ4v) is 3.00. The van der Waals surface area contributed by atoms with E-state index in [4.69, 9.17) is 21.1 Å². The van der Waals surface area contributed by atoms with E-state index in [2.05, 4.69) is 10.6 Å². The summed E-state index contributed by atoms with van der Waals surface area (Å²) in [6, 6.07) is 8.30. The Bertz CT molecular complexity index is 912. The standard InChI is InChI=1S/C23H29ClN2O4/c1-6-9-30-21-18(24)11-17(12-20(21)29-5)23(28)26-19-8-7-16(10-15(19)4)22(27)25-13-14(2)3/h7-8,10-12,14H,6,9,13H2,1-5H3,(H,25,27)(H,26,28). The molecule has 0 aliphatic carbocycles. The van der Waals surface area contributed by atoms with Crippen LogP contribution < -0.4 is 20.1 Å². The lowest BCUT2D eigenvalue weighted by Gasteiger charge is -2.15. The number of rotatable bonds is 9. The Kier molecular flexibility index (Phi) is 8.54. The normalized spacial score (nSPS) is 10.6. The van der Waals surface area contributed by atoms with Crippen molar-refractivity contribution in [2.75, 3.05) is 25.6 Å². The summed E-state index contributed by atoms with van der Waals surface area (Å²) in [7, 11) is 1.50. The summed E-state index contributed by atoms with van der Waals surface area (Å²) >= 11 is 6.31. The third-order valence-electron chi connectivity index (χ3n) is 4.35. The first-order valence-corrected chi connectivity index (χ1v) is 10.3. The van der Waals surface area contributed by atoms with Crippen molar-refractivity contribution in [2.45, 2.75) is 34.1 Å². The van der Waals surface area contributed by atoms with E-state index in [0.29, 0.717) is 52.4 Å². The van der Waals surface area contributed by atoms with Crippen molar-refractivity contribution in [1.29, 1.82) is 0 Å². The zero-order valence-electron chi connectivity index (χ0n) is 18.1. The van der Waals surface area contributed by atoms with E-state index in [1.54, 1.807) is 30.3 Å². The Morgan fingerprint density at radius 3 is 2.43 bits per heavy atom. The molecule has 2 aromatic rings. The Morgan fingerprint density at radius 1 is 1.10 bits per heavy atom. The minimum absolute atomic E-state index is 0.135. The number of hydrogen-bond acceptors (Lipinski definition) is 4. The van der Waals surface area contributed by atoms with Gasteiger partial charge < -0.3 is 20.1 Å². The van der Waals surface area contributed by atoms with Crippen LogP contribution >= 0.6 is 11.6 Å². The predicted octanol–water partition coefficient (Wildman–Crippen LogP) is 5.08. The fraction of sp³-hybridized carbons (Fsp3) is 0.391. The van der Waals surface area contributed by atoms with Crippen LogP contribution in [-0.2, 0) is 0 Å². The predicted molar refractivity (Wildman–Crippen MR) is 120 cm³/mol.